The fourth-order valence-corrected chi connectivity index (χ4v) is 4.15. The van der Waals surface area contributed by atoms with Crippen LogP contribution >= 0.6 is 11.8 Å². The zero-order valence-corrected chi connectivity index (χ0v) is 20.8. The first-order chi connectivity index (χ1) is 16.1. The number of nitrogens with one attached hydrogen (secondary N) is 4. The van der Waals surface area contributed by atoms with Gasteiger partial charge >= 0.3 is 0 Å². The summed E-state index contributed by atoms with van der Waals surface area (Å²) in [5, 5.41) is 13.6. The van der Waals surface area contributed by atoms with Crippen LogP contribution in [0.25, 0.3) is 10.9 Å². The molecular formula is C24H33N5O4S. The molecule has 0 saturated heterocycles. The fourth-order valence-electron chi connectivity index (χ4n) is 3.34. The highest BCUT2D eigenvalue weighted by atomic mass is 32.2. The maximum Gasteiger partial charge on any atom is 0.238 e. The number of aromatic nitrogens is 1. The zero-order chi connectivity index (χ0) is 25.3. The van der Waals surface area contributed by atoms with Gasteiger partial charge in [0.05, 0.1) is 24.8 Å². The summed E-state index contributed by atoms with van der Waals surface area (Å²) in [7, 11) is 3.27. The molecule has 0 saturated carbocycles. The minimum atomic E-state index is -0.874. The number of nitrogens with zero attached hydrogens (tertiary/aromatic N) is 1. The summed E-state index contributed by atoms with van der Waals surface area (Å²) in [4.78, 5) is 54.5. The lowest BCUT2D eigenvalue weighted by Gasteiger charge is -2.23. The Morgan fingerprint density at radius 2 is 1.85 bits per heavy atom. The number of ketones is 1. The topological polar surface area (TPSA) is 135 Å². The number of carbonyl (C=O) groups is 4. The first kappa shape index (κ1) is 27.3. The van der Waals surface area contributed by atoms with Gasteiger partial charge in [0, 0.05) is 42.9 Å². The van der Waals surface area contributed by atoms with Gasteiger partial charge < -0.3 is 20.6 Å². The van der Waals surface area contributed by atoms with Crippen LogP contribution < -0.4 is 10.6 Å². The standard InChI is InChI=1S/C24H33N5O4S/c1-15(2)34-24(33)20(10-9-17(30)12-25)28-23(32)21(27-14-22(31)29(3)4)11-16-13-26-19-8-6-5-7-18(16)19/h5-8,12-13,15,20-21,25-27H,9-11,14H2,1-4H3,(H,28,32)/t20-,21-/m0/s1. The van der Waals surface area contributed by atoms with Crippen molar-refractivity contribution in [3.05, 3.63) is 36.0 Å². The molecule has 1 heterocycles. The Hall–Kier alpha value is -2.98. The number of amides is 2. The molecule has 0 unspecified atom stereocenters. The zero-order valence-electron chi connectivity index (χ0n) is 20.0. The number of aromatic amines is 1. The highest BCUT2D eigenvalue weighted by Crippen LogP contribution is 2.20. The molecule has 34 heavy (non-hydrogen) atoms. The number of thioether (sulfide) groups is 1. The van der Waals surface area contributed by atoms with Crippen LogP contribution in [0.2, 0.25) is 0 Å². The quantitative estimate of drug-likeness (QED) is 0.319. The van der Waals surface area contributed by atoms with Crippen LogP contribution in [-0.2, 0) is 25.6 Å². The molecule has 0 aliphatic heterocycles. The highest BCUT2D eigenvalue weighted by Gasteiger charge is 2.28. The van der Waals surface area contributed by atoms with Gasteiger partial charge in [0.25, 0.3) is 0 Å². The van der Waals surface area contributed by atoms with Gasteiger partial charge in [-0.25, -0.2) is 0 Å². The van der Waals surface area contributed by atoms with E-state index in [-0.39, 0.29) is 35.7 Å². The molecule has 4 N–H and O–H groups in total. The van der Waals surface area contributed by atoms with E-state index in [0.29, 0.717) is 12.6 Å². The number of likely N-dealkylation sites (N-methyl/N-ethyl adjacent to an activating group) is 1. The molecule has 0 radical (unpaired) electrons. The number of Topliss-reactive ketones (excluding diaryl/α,β-unsaturated/α-hetero) is 1. The van der Waals surface area contributed by atoms with Gasteiger partial charge in [0.15, 0.2) is 5.78 Å². The molecule has 9 nitrogen and oxygen atoms in total. The number of para-hydroxylation sites is 1. The first-order valence-electron chi connectivity index (χ1n) is 11.1. The number of H-pyrrole nitrogens is 1. The number of fused-ring (bicyclic) bond motifs is 1. The van der Waals surface area contributed by atoms with E-state index in [4.69, 9.17) is 5.41 Å². The molecule has 184 valence electrons. The molecular weight excluding hydrogens is 454 g/mol. The minimum absolute atomic E-state index is 0.0154. The van der Waals surface area contributed by atoms with Crippen LogP contribution in [0.3, 0.4) is 0 Å². The van der Waals surface area contributed by atoms with Crippen LogP contribution in [0, 0.1) is 5.41 Å². The summed E-state index contributed by atoms with van der Waals surface area (Å²) >= 11 is 1.10. The van der Waals surface area contributed by atoms with E-state index in [1.807, 2.05) is 44.3 Å². The van der Waals surface area contributed by atoms with Crippen molar-refractivity contribution in [1.82, 2.24) is 20.5 Å². The maximum atomic E-state index is 13.3. The monoisotopic (exact) mass is 487 g/mol. The average molecular weight is 488 g/mol. The molecule has 0 aliphatic rings. The average Bonchev–Trinajstić information content (AvgIpc) is 3.20. The maximum absolute atomic E-state index is 13.3. The Kier molecular flexibility index (Phi) is 10.5. The third-order valence-corrected chi connectivity index (χ3v) is 6.20. The number of carbonyl (C=O) groups excluding carboxylic acids is 4. The van der Waals surface area contributed by atoms with Crippen LogP contribution in [0.1, 0.15) is 32.3 Å². The van der Waals surface area contributed by atoms with E-state index in [0.717, 1.165) is 28.2 Å². The van der Waals surface area contributed by atoms with Gasteiger partial charge in [-0.1, -0.05) is 43.8 Å². The fraction of sp³-hybridized carbons (Fsp3) is 0.458. The third kappa shape index (κ3) is 8.11. The number of benzene rings is 1. The molecule has 1 aromatic heterocycles. The predicted molar refractivity (Wildman–Crippen MR) is 135 cm³/mol. The van der Waals surface area contributed by atoms with Crippen molar-refractivity contribution in [3.8, 4) is 0 Å². The van der Waals surface area contributed by atoms with E-state index in [9.17, 15) is 19.2 Å². The molecule has 0 aliphatic carbocycles. The molecule has 2 atom stereocenters. The number of rotatable bonds is 13. The second-order valence-electron chi connectivity index (χ2n) is 8.48. The molecule has 2 rings (SSSR count). The summed E-state index contributed by atoms with van der Waals surface area (Å²) < 4.78 is 0. The normalized spacial score (nSPS) is 12.9. The third-order valence-electron chi connectivity index (χ3n) is 5.21. The van der Waals surface area contributed by atoms with Crippen molar-refractivity contribution >= 4 is 51.6 Å². The second kappa shape index (κ2) is 13.0. The van der Waals surface area contributed by atoms with Gasteiger partial charge in [0.2, 0.25) is 16.9 Å². The predicted octanol–water partition coefficient (Wildman–Crippen LogP) is 1.91. The van der Waals surface area contributed by atoms with Crippen LogP contribution in [0.5, 0.6) is 0 Å². The van der Waals surface area contributed by atoms with Crippen molar-refractivity contribution in [2.75, 3.05) is 20.6 Å². The first-order valence-corrected chi connectivity index (χ1v) is 12.0. The Bertz CT molecular complexity index is 1030. The molecule has 2 amide bonds. The van der Waals surface area contributed by atoms with Crippen LogP contribution in [-0.4, -0.2) is 76.8 Å². The van der Waals surface area contributed by atoms with Gasteiger partial charge in [-0.15, -0.1) is 0 Å². The molecule has 0 bridgehead atoms. The number of hydrogen-bond acceptors (Lipinski definition) is 7. The van der Waals surface area contributed by atoms with Crippen molar-refractivity contribution in [1.29, 1.82) is 5.41 Å². The van der Waals surface area contributed by atoms with Crippen LogP contribution in [0.15, 0.2) is 30.5 Å². The van der Waals surface area contributed by atoms with Gasteiger partial charge in [0.1, 0.15) is 0 Å². The lowest BCUT2D eigenvalue weighted by molar-refractivity contribution is -0.129. The van der Waals surface area contributed by atoms with Crippen molar-refractivity contribution in [2.24, 2.45) is 0 Å². The van der Waals surface area contributed by atoms with Gasteiger partial charge in [-0.3, -0.25) is 24.5 Å². The Balaban J connectivity index is 2.23. The lowest BCUT2D eigenvalue weighted by Crippen LogP contribution is -2.52. The second-order valence-corrected chi connectivity index (χ2v) is 10.1. The Labute approximate surface area is 203 Å². The van der Waals surface area contributed by atoms with Crippen LogP contribution in [0.4, 0.5) is 0 Å². The Morgan fingerprint density at radius 3 is 2.50 bits per heavy atom. The van der Waals surface area contributed by atoms with Gasteiger partial charge in [-0.05, 0) is 24.5 Å². The summed E-state index contributed by atoms with van der Waals surface area (Å²) in [5.74, 6) is -1.02. The van der Waals surface area contributed by atoms with Crippen molar-refractivity contribution in [2.45, 2.75) is 50.4 Å². The molecule has 0 spiro atoms. The SMILES string of the molecule is CC(C)SC(=O)[C@H](CCC(=O)C=N)NC(=O)[C@H](Cc1c[nH]c2ccccc12)NCC(=O)N(C)C. The van der Waals surface area contributed by atoms with E-state index >= 15 is 0 Å². The van der Waals surface area contributed by atoms with E-state index in [1.54, 1.807) is 14.1 Å². The van der Waals surface area contributed by atoms with E-state index in [1.165, 1.54) is 4.90 Å². The summed E-state index contributed by atoms with van der Waals surface area (Å²) in [6, 6.07) is 6.07. The molecule has 1 aromatic carbocycles. The smallest absolute Gasteiger partial charge is 0.238 e. The highest BCUT2D eigenvalue weighted by molar-refractivity contribution is 8.14. The molecule has 0 fully saturated rings. The van der Waals surface area contributed by atoms with Crippen molar-refractivity contribution in [3.63, 3.8) is 0 Å². The summed E-state index contributed by atoms with van der Waals surface area (Å²) in [6.45, 7) is 3.70. The van der Waals surface area contributed by atoms with E-state index < -0.39 is 23.8 Å². The van der Waals surface area contributed by atoms with Crippen molar-refractivity contribution < 1.29 is 19.2 Å². The largest absolute Gasteiger partial charge is 0.361 e. The molecule has 2 aromatic rings. The van der Waals surface area contributed by atoms with Gasteiger partial charge in [-0.2, -0.15) is 0 Å². The Morgan fingerprint density at radius 1 is 1.15 bits per heavy atom. The molecule has 10 heteroatoms. The lowest BCUT2D eigenvalue weighted by atomic mass is 10.0. The summed E-state index contributed by atoms with van der Waals surface area (Å²) in [5.41, 5.74) is 1.84. The minimum Gasteiger partial charge on any atom is -0.361 e. The number of hydrogen-bond donors (Lipinski definition) is 4. The van der Waals surface area contributed by atoms with E-state index in [2.05, 4.69) is 15.6 Å². The summed E-state index contributed by atoms with van der Waals surface area (Å²) in [6.07, 6.45) is 2.94.